The summed E-state index contributed by atoms with van der Waals surface area (Å²) in [4.78, 5) is 34.2. The molecule has 0 aromatic carbocycles. The molecule has 21 heavy (non-hydrogen) atoms. The van der Waals surface area contributed by atoms with Crippen molar-refractivity contribution in [1.82, 2.24) is 0 Å². The van der Waals surface area contributed by atoms with Gasteiger partial charge in [-0.2, -0.15) is 0 Å². The Morgan fingerprint density at radius 2 is 2.19 bits per heavy atom. The highest BCUT2D eigenvalue weighted by Gasteiger charge is 2.55. The Balaban J connectivity index is 1.98. The molecule has 0 aromatic heterocycles. The molecule has 6 atom stereocenters. The molecule has 7 nitrogen and oxygen atoms in total. The lowest BCUT2D eigenvalue weighted by atomic mass is 9.62. The zero-order chi connectivity index (χ0) is 15.3. The summed E-state index contributed by atoms with van der Waals surface area (Å²) < 4.78 is 5.19. The summed E-state index contributed by atoms with van der Waals surface area (Å²) in [5.41, 5.74) is 0.752. The first-order chi connectivity index (χ1) is 9.90. The van der Waals surface area contributed by atoms with Gasteiger partial charge in [0.15, 0.2) is 0 Å². The van der Waals surface area contributed by atoms with Gasteiger partial charge in [-0.25, -0.2) is 0 Å². The number of carbonyl (C=O) groups excluding carboxylic acids is 1. The van der Waals surface area contributed by atoms with E-state index in [4.69, 9.17) is 4.74 Å². The predicted molar refractivity (Wildman–Crippen MR) is 69.9 cm³/mol. The molecule has 1 heterocycles. The van der Waals surface area contributed by atoms with Gasteiger partial charge in [0.1, 0.15) is 6.10 Å². The first kappa shape index (κ1) is 14.0. The fourth-order valence-electron chi connectivity index (χ4n) is 4.18. The van der Waals surface area contributed by atoms with Gasteiger partial charge in [-0.05, 0) is 19.3 Å². The molecule has 0 amide bonds. The molecule has 0 bridgehead atoms. The van der Waals surface area contributed by atoms with Crippen molar-refractivity contribution in [2.45, 2.75) is 38.3 Å². The molecule has 0 radical (unpaired) electrons. The molecule has 3 aliphatic rings. The summed E-state index contributed by atoms with van der Waals surface area (Å²) in [6.45, 7) is 1.72. The van der Waals surface area contributed by atoms with Crippen molar-refractivity contribution in [3.05, 3.63) is 21.8 Å². The number of nitro groups is 1. The number of carboxylic acids is 1. The number of nitrogens with zero attached hydrogens (tertiary/aromatic N) is 1. The van der Waals surface area contributed by atoms with E-state index in [0.717, 1.165) is 5.57 Å². The summed E-state index contributed by atoms with van der Waals surface area (Å²) >= 11 is 0. The number of ether oxygens (including phenoxy) is 1. The number of aliphatic carboxylic acids is 1. The highest BCUT2D eigenvalue weighted by atomic mass is 16.6. The second kappa shape index (κ2) is 4.82. The molecule has 1 saturated heterocycles. The number of hydrogen-bond donors (Lipinski definition) is 1. The van der Waals surface area contributed by atoms with Crippen LogP contribution in [0.15, 0.2) is 11.6 Å². The van der Waals surface area contributed by atoms with Gasteiger partial charge in [0.25, 0.3) is 0 Å². The molecular weight excluding hydrogens is 278 g/mol. The number of rotatable bonds is 2. The number of esters is 1. The van der Waals surface area contributed by atoms with E-state index < -0.39 is 35.9 Å². The average Bonchev–Trinajstić information content (AvgIpc) is 2.70. The third kappa shape index (κ3) is 2.11. The zero-order valence-corrected chi connectivity index (χ0v) is 11.6. The quantitative estimate of drug-likeness (QED) is 0.355. The van der Waals surface area contributed by atoms with E-state index in [1.54, 1.807) is 13.0 Å². The van der Waals surface area contributed by atoms with Crippen LogP contribution in [-0.2, 0) is 14.3 Å². The molecule has 114 valence electrons. The fraction of sp³-hybridized carbons (Fsp3) is 0.714. The van der Waals surface area contributed by atoms with Crippen molar-refractivity contribution in [2.75, 3.05) is 0 Å². The Labute approximate surface area is 121 Å². The molecule has 0 aromatic rings. The highest BCUT2D eigenvalue weighted by Crippen LogP contribution is 2.50. The van der Waals surface area contributed by atoms with Gasteiger partial charge in [-0.3, -0.25) is 19.7 Å². The first-order valence-corrected chi connectivity index (χ1v) is 7.17. The summed E-state index contributed by atoms with van der Waals surface area (Å²) in [6, 6.07) is -0.673. The Bertz CT molecular complexity index is 542. The van der Waals surface area contributed by atoms with Crippen LogP contribution in [0.3, 0.4) is 0 Å². The van der Waals surface area contributed by atoms with Crippen LogP contribution in [0.1, 0.15) is 26.2 Å². The van der Waals surface area contributed by atoms with Crippen molar-refractivity contribution >= 4 is 11.9 Å². The Hall–Kier alpha value is -1.92. The average molecular weight is 295 g/mol. The molecule has 3 rings (SSSR count). The lowest BCUT2D eigenvalue weighted by Crippen LogP contribution is -2.44. The standard InChI is InChI=1S/C14H17NO6/c1-6-11-10(14(18)21-6)5-7-4-8(15(19)20)2-3-9(7)12(11)13(16)17/h5-6,8-12H,2-4H2,1H3,(H,16,17)/t6-,8?,9+,10-,11-,12+/m1/s1. The predicted octanol–water partition coefficient (Wildman–Crippen LogP) is 1.25. The molecular formula is C14H17NO6. The number of cyclic esters (lactones) is 1. The fourth-order valence-corrected chi connectivity index (χ4v) is 4.18. The van der Waals surface area contributed by atoms with Gasteiger partial charge in [0.05, 0.1) is 11.8 Å². The Morgan fingerprint density at radius 3 is 2.81 bits per heavy atom. The molecule has 2 fully saturated rings. The minimum absolute atomic E-state index is 0.211. The molecule has 2 aliphatic carbocycles. The van der Waals surface area contributed by atoms with E-state index >= 15 is 0 Å². The first-order valence-electron chi connectivity index (χ1n) is 7.17. The van der Waals surface area contributed by atoms with Gasteiger partial charge in [0.2, 0.25) is 6.04 Å². The lowest BCUT2D eigenvalue weighted by Gasteiger charge is -2.39. The summed E-state index contributed by atoms with van der Waals surface area (Å²) in [5.74, 6) is -3.19. The molecule has 0 spiro atoms. The number of fused-ring (bicyclic) bond motifs is 2. The van der Waals surface area contributed by atoms with Crippen LogP contribution >= 0.6 is 0 Å². The van der Waals surface area contributed by atoms with Crippen LogP contribution in [0.25, 0.3) is 0 Å². The third-order valence-corrected chi connectivity index (χ3v) is 5.11. The van der Waals surface area contributed by atoms with Crippen molar-refractivity contribution in [1.29, 1.82) is 0 Å². The molecule has 1 aliphatic heterocycles. The van der Waals surface area contributed by atoms with E-state index in [1.165, 1.54) is 0 Å². The summed E-state index contributed by atoms with van der Waals surface area (Å²) in [6.07, 6.45) is 2.44. The van der Waals surface area contributed by atoms with E-state index in [9.17, 15) is 24.8 Å². The minimum atomic E-state index is -0.940. The summed E-state index contributed by atoms with van der Waals surface area (Å²) in [5, 5.41) is 20.5. The van der Waals surface area contributed by atoms with E-state index in [2.05, 4.69) is 0 Å². The number of carbonyl (C=O) groups is 2. The Kier molecular flexibility index (Phi) is 3.22. The maximum absolute atomic E-state index is 11.9. The number of hydrogen-bond acceptors (Lipinski definition) is 5. The third-order valence-electron chi connectivity index (χ3n) is 5.11. The van der Waals surface area contributed by atoms with E-state index in [1.807, 2.05) is 0 Å². The zero-order valence-electron chi connectivity index (χ0n) is 11.6. The topological polar surface area (TPSA) is 107 Å². The molecule has 1 unspecified atom stereocenters. The second-order valence-corrected chi connectivity index (χ2v) is 6.18. The van der Waals surface area contributed by atoms with Gasteiger partial charge in [-0.15, -0.1) is 0 Å². The maximum atomic E-state index is 11.9. The van der Waals surface area contributed by atoms with Crippen LogP contribution in [-0.4, -0.2) is 34.1 Å². The molecule has 1 N–H and O–H groups in total. The maximum Gasteiger partial charge on any atom is 0.313 e. The molecule has 1 saturated carbocycles. The second-order valence-electron chi connectivity index (χ2n) is 6.18. The van der Waals surface area contributed by atoms with Crippen molar-refractivity contribution in [3.63, 3.8) is 0 Å². The molecule has 7 heteroatoms. The van der Waals surface area contributed by atoms with E-state index in [-0.39, 0.29) is 23.2 Å². The monoisotopic (exact) mass is 295 g/mol. The van der Waals surface area contributed by atoms with Crippen LogP contribution in [0.5, 0.6) is 0 Å². The lowest BCUT2D eigenvalue weighted by molar-refractivity contribution is -0.524. The van der Waals surface area contributed by atoms with Crippen molar-refractivity contribution in [2.24, 2.45) is 23.7 Å². The van der Waals surface area contributed by atoms with Gasteiger partial charge < -0.3 is 9.84 Å². The largest absolute Gasteiger partial charge is 0.481 e. The Morgan fingerprint density at radius 1 is 1.48 bits per heavy atom. The smallest absolute Gasteiger partial charge is 0.313 e. The van der Waals surface area contributed by atoms with E-state index in [0.29, 0.717) is 12.8 Å². The normalized spacial score (nSPS) is 41.6. The van der Waals surface area contributed by atoms with Crippen LogP contribution in [0.2, 0.25) is 0 Å². The number of carboxylic acid groups (broad SMARTS) is 1. The van der Waals surface area contributed by atoms with Crippen LogP contribution in [0.4, 0.5) is 0 Å². The van der Waals surface area contributed by atoms with Gasteiger partial charge in [0, 0.05) is 23.7 Å². The highest BCUT2D eigenvalue weighted by molar-refractivity contribution is 5.81. The van der Waals surface area contributed by atoms with Crippen LogP contribution in [0, 0.1) is 33.8 Å². The van der Waals surface area contributed by atoms with Crippen molar-refractivity contribution in [3.8, 4) is 0 Å². The minimum Gasteiger partial charge on any atom is -0.481 e. The summed E-state index contributed by atoms with van der Waals surface area (Å²) in [7, 11) is 0. The van der Waals surface area contributed by atoms with Crippen LogP contribution < -0.4 is 0 Å². The van der Waals surface area contributed by atoms with Crippen molar-refractivity contribution < 1.29 is 24.4 Å². The van der Waals surface area contributed by atoms with Gasteiger partial charge in [-0.1, -0.05) is 11.6 Å². The SMILES string of the molecule is C[C@H]1OC(=O)[C@@H]2C=C3CC([N+](=O)[O-])CC[C@@H]3[C@H](C(=O)O)[C@H]12. The van der Waals surface area contributed by atoms with Gasteiger partial charge >= 0.3 is 11.9 Å².